The highest BCUT2D eigenvalue weighted by Crippen LogP contribution is 2.22. The molecule has 0 amide bonds. The van der Waals surface area contributed by atoms with Gasteiger partial charge in [-0.15, -0.1) is 0 Å². The van der Waals surface area contributed by atoms with Gasteiger partial charge < -0.3 is 4.89 Å². The van der Waals surface area contributed by atoms with Gasteiger partial charge in [0.05, 0.1) is 6.61 Å². The Morgan fingerprint density at radius 3 is 2.45 bits per heavy atom. The largest absolute Gasteiger partial charge is 0.345 e. The van der Waals surface area contributed by atoms with Gasteiger partial charge in [0, 0.05) is 6.42 Å². The number of allylic oxidation sites excluding steroid dienone is 10. The van der Waals surface area contributed by atoms with Crippen molar-refractivity contribution < 1.29 is 9.78 Å². The lowest BCUT2D eigenvalue weighted by Gasteiger charge is -2.12. The highest BCUT2D eigenvalue weighted by Gasteiger charge is 2.05. The van der Waals surface area contributed by atoms with Gasteiger partial charge in [-0.3, -0.25) is 0 Å². The van der Waals surface area contributed by atoms with E-state index in [4.69, 9.17) is 9.78 Å². The molecule has 1 aliphatic carbocycles. The molecule has 0 aromatic rings. The normalized spacial score (nSPS) is 29.2. The van der Waals surface area contributed by atoms with Crippen LogP contribution in [0.15, 0.2) is 72.1 Å². The van der Waals surface area contributed by atoms with Crippen LogP contribution in [0.4, 0.5) is 0 Å². The van der Waals surface area contributed by atoms with Crippen molar-refractivity contribution in [3.63, 3.8) is 0 Å². The van der Waals surface area contributed by atoms with Gasteiger partial charge in [-0.25, -0.2) is 0 Å². The predicted octanol–water partition coefficient (Wildman–Crippen LogP) is 4.95. The SMILES string of the molecule is C1=C\C=C(/C2=C/C=C/C=C\OOCC2)CCCCC=C1. The van der Waals surface area contributed by atoms with Gasteiger partial charge >= 0.3 is 0 Å². The van der Waals surface area contributed by atoms with Crippen molar-refractivity contribution in [1.82, 2.24) is 0 Å². The van der Waals surface area contributed by atoms with Gasteiger partial charge in [0.15, 0.2) is 0 Å². The second-order valence-corrected chi connectivity index (χ2v) is 4.82. The summed E-state index contributed by atoms with van der Waals surface area (Å²) >= 11 is 0. The minimum Gasteiger partial charge on any atom is -0.345 e. The molecule has 2 heteroatoms. The monoisotopic (exact) mass is 270 g/mol. The zero-order valence-corrected chi connectivity index (χ0v) is 11.8. The lowest BCUT2D eigenvalue weighted by atomic mass is 9.95. The van der Waals surface area contributed by atoms with Crippen molar-refractivity contribution in [2.45, 2.75) is 32.1 Å². The first kappa shape index (κ1) is 14.6. The van der Waals surface area contributed by atoms with Crippen molar-refractivity contribution in [2.24, 2.45) is 0 Å². The van der Waals surface area contributed by atoms with E-state index in [0.29, 0.717) is 6.61 Å². The molecule has 1 aliphatic heterocycles. The van der Waals surface area contributed by atoms with E-state index in [2.05, 4.69) is 42.5 Å². The summed E-state index contributed by atoms with van der Waals surface area (Å²) in [7, 11) is 0. The second-order valence-electron chi connectivity index (χ2n) is 4.82. The van der Waals surface area contributed by atoms with Crippen LogP contribution in [-0.2, 0) is 9.78 Å². The highest BCUT2D eigenvalue weighted by molar-refractivity contribution is 5.37. The molecule has 0 radical (unpaired) electrons. The third kappa shape index (κ3) is 5.45. The molecule has 0 aromatic carbocycles. The maximum atomic E-state index is 5.11. The summed E-state index contributed by atoms with van der Waals surface area (Å²) in [6.07, 6.45) is 26.0. The zero-order valence-electron chi connectivity index (χ0n) is 11.8. The Balaban J connectivity index is 2.15. The molecule has 0 bridgehead atoms. The maximum absolute atomic E-state index is 5.11. The van der Waals surface area contributed by atoms with Crippen molar-refractivity contribution in [2.75, 3.05) is 6.61 Å². The number of rotatable bonds is 1. The van der Waals surface area contributed by atoms with E-state index in [9.17, 15) is 0 Å². The van der Waals surface area contributed by atoms with Gasteiger partial charge in [-0.2, -0.15) is 4.89 Å². The number of hydrogen-bond donors (Lipinski definition) is 0. The topological polar surface area (TPSA) is 18.5 Å². The fourth-order valence-corrected chi connectivity index (χ4v) is 2.24. The van der Waals surface area contributed by atoms with E-state index in [0.717, 1.165) is 19.3 Å². The first-order valence-electron chi connectivity index (χ1n) is 7.30. The third-order valence-corrected chi connectivity index (χ3v) is 3.31. The van der Waals surface area contributed by atoms with Crippen molar-refractivity contribution in [3.05, 3.63) is 72.1 Å². The molecule has 1 heterocycles. The van der Waals surface area contributed by atoms with Gasteiger partial charge in [0.25, 0.3) is 0 Å². The van der Waals surface area contributed by atoms with E-state index in [-0.39, 0.29) is 0 Å². The molecule has 0 unspecified atom stereocenters. The average molecular weight is 270 g/mol. The molecule has 0 spiro atoms. The zero-order chi connectivity index (χ0) is 13.9. The first-order chi connectivity index (χ1) is 9.97. The van der Waals surface area contributed by atoms with Gasteiger partial charge in [0.1, 0.15) is 6.26 Å². The molecule has 0 saturated heterocycles. The van der Waals surface area contributed by atoms with Crippen LogP contribution in [0.1, 0.15) is 32.1 Å². The molecule has 106 valence electrons. The summed E-state index contributed by atoms with van der Waals surface area (Å²) in [5.74, 6) is 0. The molecule has 0 N–H and O–H groups in total. The smallest absolute Gasteiger partial charge is 0.129 e. The van der Waals surface area contributed by atoms with Crippen LogP contribution >= 0.6 is 0 Å². The Morgan fingerprint density at radius 1 is 0.750 bits per heavy atom. The lowest BCUT2D eigenvalue weighted by molar-refractivity contribution is -0.247. The second kappa shape index (κ2) is 9.16. The molecule has 0 saturated carbocycles. The molecule has 20 heavy (non-hydrogen) atoms. The van der Waals surface area contributed by atoms with Crippen LogP contribution in [0.5, 0.6) is 0 Å². The van der Waals surface area contributed by atoms with Crippen LogP contribution in [0, 0.1) is 0 Å². The molecule has 0 atom stereocenters. The van der Waals surface area contributed by atoms with E-state index in [1.54, 1.807) is 6.26 Å². The quantitative estimate of drug-likeness (QED) is 0.628. The average Bonchev–Trinajstić information content (AvgIpc) is 2.50. The van der Waals surface area contributed by atoms with E-state index < -0.39 is 0 Å². The molecule has 0 aromatic heterocycles. The van der Waals surface area contributed by atoms with Gasteiger partial charge in [0.2, 0.25) is 0 Å². The molecular weight excluding hydrogens is 248 g/mol. The predicted molar refractivity (Wildman–Crippen MR) is 82.8 cm³/mol. The van der Waals surface area contributed by atoms with Gasteiger partial charge in [-0.1, -0.05) is 48.6 Å². The maximum Gasteiger partial charge on any atom is 0.129 e. The van der Waals surface area contributed by atoms with Crippen LogP contribution < -0.4 is 0 Å². The fourth-order valence-electron chi connectivity index (χ4n) is 2.24. The summed E-state index contributed by atoms with van der Waals surface area (Å²) in [6, 6.07) is 0. The molecule has 2 rings (SSSR count). The van der Waals surface area contributed by atoms with Crippen LogP contribution in [-0.4, -0.2) is 6.61 Å². The van der Waals surface area contributed by atoms with Crippen LogP contribution in [0.3, 0.4) is 0 Å². The molecule has 2 aliphatic rings. The lowest BCUT2D eigenvalue weighted by Crippen LogP contribution is -1.99. The minimum absolute atomic E-state index is 0.574. The van der Waals surface area contributed by atoms with Crippen molar-refractivity contribution in [3.8, 4) is 0 Å². The van der Waals surface area contributed by atoms with E-state index in [1.807, 2.05) is 12.2 Å². The summed E-state index contributed by atoms with van der Waals surface area (Å²) in [6.45, 7) is 0.574. The van der Waals surface area contributed by atoms with Crippen molar-refractivity contribution >= 4 is 0 Å². The Labute approximate surface area is 121 Å². The summed E-state index contributed by atoms with van der Waals surface area (Å²) in [4.78, 5) is 10.0. The summed E-state index contributed by atoms with van der Waals surface area (Å²) in [5, 5.41) is 0. The van der Waals surface area contributed by atoms with Crippen LogP contribution in [0.2, 0.25) is 0 Å². The molecule has 0 fully saturated rings. The highest BCUT2D eigenvalue weighted by atomic mass is 17.2. The minimum atomic E-state index is 0.574. The molecule has 2 nitrogen and oxygen atoms in total. The Kier molecular flexibility index (Phi) is 6.69. The van der Waals surface area contributed by atoms with Crippen molar-refractivity contribution in [1.29, 1.82) is 0 Å². The summed E-state index contributed by atoms with van der Waals surface area (Å²) in [5.41, 5.74) is 2.73. The summed E-state index contributed by atoms with van der Waals surface area (Å²) < 4.78 is 0. The Morgan fingerprint density at radius 2 is 1.55 bits per heavy atom. The Bertz CT molecular complexity index is 418. The Hall–Kier alpha value is -1.80. The fraction of sp³-hybridized carbons (Fsp3) is 0.333. The third-order valence-electron chi connectivity index (χ3n) is 3.31. The first-order valence-corrected chi connectivity index (χ1v) is 7.30. The standard InChI is InChI=1S/C18H22O2/c1-2-4-7-11-17(12-8-5-3-1)18-13-9-6-10-15-19-20-16-14-18/h1-2,4,6-7,9-11,13,15H,3,5,8,12,14,16H2/b2-1?,7-4?,9-6+,15-10-,17-11-,18-13+. The number of hydrogen-bond acceptors (Lipinski definition) is 2. The van der Waals surface area contributed by atoms with Gasteiger partial charge in [-0.05, 0) is 42.9 Å². The molecular formula is C18H22O2. The van der Waals surface area contributed by atoms with Crippen LogP contribution in [0.25, 0.3) is 0 Å². The van der Waals surface area contributed by atoms with E-state index >= 15 is 0 Å². The van der Waals surface area contributed by atoms with E-state index in [1.165, 1.54) is 24.0 Å².